The second kappa shape index (κ2) is 10.1. The average Bonchev–Trinajstić information content (AvgIpc) is 3.18. The maximum Gasteiger partial charge on any atom is 0.248 e. The zero-order chi connectivity index (χ0) is 26.0. The van der Waals surface area contributed by atoms with Gasteiger partial charge in [0.1, 0.15) is 12.3 Å². The number of nitrogens with one attached hydrogen (secondary N) is 1. The fourth-order valence-electron chi connectivity index (χ4n) is 4.38. The Labute approximate surface area is 208 Å². The molecule has 2 aromatic carbocycles. The van der Waals surface area contributed by atoms with Gasteiger partial charge in [-0.2, -0.15) is 0 Å². The minimum absolute atomic E-state index is 0.0196. The Hall–Kier alpha value is -3.70. The van der Waals surface area contributed by atoms with Gasteiger partial charge in [-0.05, 0) is 44.2 Å². The Morgan fingerprint density at radius 1 is 1.03 bits per heavy atom. The quantitative estimate of drug-likeness (QED) is 0.495. The van der Waals surface area contributed by atoms with Crippen LogP contribution in [-0.2, 0) is 30.7 Å². The van der Waals surface area contributed by atoms with Crippen molar-refractivity contribution in [2.45, 2.75) is 37.5 Å². The lowest BCUT2D eigenvalue weighted by molar-refractivity contribution is -0.143. The number of amides is 3. The number of carbonyl (C=O) groups is 3. The van der Waals surface area contributed by atoms with Gasteiger partial charge in [0.25, 0.3) is 0 Å². The number of primary amides is 1. The summed E-state index contributed by atoms with van der Waals surface area (Å²) in [5.41, 5.74) is 6.40. The Bertz CT molecular complexity index is 1400. The second-order valence-corrected chi connectivity index (χ2v) is 10.9. The molecule has 0 aliphatic carbocycles. The van der Waals surface area contributed by atoms with Gasteiger partial charge >= 0.3 is 0 Å². The van der Waals surface area contributed by atoms with Gasteiger partial charge in [-0.15, -0.1) is 0 Å². The topological polar surface area (TPSA) is 141 Å². The maximum absolute atomic E-state index is 13.2. The van der Waals surface area contributed by atoms with Crippen LogP contribution < -0.4 is 11.1 Å². The van der Waals surface area contributed by atoms with Gasteiger partial charge in [0.15, 0.2) is 9.84 Å². The summed E-state index contributed by atoms with van der Waals surface area (Å²) in [4.78, 5) is 38.5. The van der Waals surface area contributed by atoms with E-state index >= 15 is 0 Å². The molecular weight excluding hydrogens is 484 g/mol. The Kier molecular flexibility index (Phi) is 7.14. The van der Waals surface area contributed by atoms with Crippen molar-refractivity contribution >= 4 is 44.1 Å². The predicted molar refractivity (Wildman–Crippen MR) is 134 cm³/mol. The summed E-state index contributed by atoms with van der Waals surface area (Å²) < 4.78 is 33.8. The number of nitrogens with two attached hydrogens (primary N) is 1. The van der Waals surface area contributed by atoms with E-state index in [1.165, 1.54) is 30.5 Å². The summed E-state index contributed by atoms with van der Waals surface area (Å²) in [6, 6.07) is 12.7. The van der Waals surface area contributed by atoms with Crippen molar-refractivity contribution in [3.05, 3.63) is 60.3 Å². The lowest BCUT2D eigenvalue weighted by Crippen LogP contribution is -2.49. The molecule has 0 bridgehead atoms. The number of fused-ring (bicyclic) bond motifs is 1. The molecule has 190 valence electrons. The highest BCUT2D eigenvalue weighted by Crippen LogP contribution is 2.27. The van der Waals surface area contributed by atoms with Gasteiger partial charge in [-0.3, -0.25) is 14.4 Å². The lowest BCUT2D eigenvalue weighted by Gasteiger charge is -2.35. The van der Waals surface area contributed by atoms with E-state index in [0.29, 0.717) is 29.7 Å². The Morgan fingerprint density at radius 2 is 1.67 bits per heavy atom. The largest absolute Gasteiger partial charge is 0.372 e. The fourth-order valence-corrected chi connectivity index (χ4v) is 5.75. The number of para-hydroxylation sites is 1. The number of ether oxygens (including phenoxy) is 1. The third kappa shape index (κ3) is 5.58. The summed E-state index contributed by atoms with van der Waals surface area (Å²) in [5.74, 6) is -2.27. The molecule has 1 aliphatic rings. The van der Waals surface area contributed by atoms with Crippen molar-refractivity contribution in [3.8, 4) is 0 Å². The number of anilines is 1. The van der Waals surface area contributed by atoms with Crippen LogP contribution in [-0.4, -0.2) is 66.7 Å². The SMILES string of the molecule is C[C@@H]1CN(C(=O)Cn2cc(S(=O)(=O)CC(=O)Nc3ccc(C(N)=O)cc3)c3ccccc32)C[C@@H](C)O1. The molecule has 0 radical (unpaired) electrons. The molecule has 11 heteroatoms. The van der Waals surface area contributed by atoms with Crippen LogP contribution in [0.25, 0.3) is 10.9 Å². The number of carbonyl (C=O) groups excluding carboxylic acids is 3. The smallest absolute Gasteiger partial charge is 0.248 e. The highest BCUT2D eigenvalue weighted by molar-refractivity contribution is 7.92. The van der Waals surface area contributed by atoms with E-state index in [4.69, 9.17) is 10.5 Å². The summed E-state index contributed by atoms with van der Waals surface area (Å²) in [7, 11) is -4.04. The standard InChI is InChI=1S/C25H28N4O6S/c1-16-11-29(12-17(2)35-16)24(31)14-28-13-22(20-5-3-4-6-21(20)28)36(33,34)15-23(30)27-19-9-7-18(8-10-19)25(26)32/h3-10,13,16-17H,11-12,14-15H2,1-2H3,(H2,26,32)(H,27,30)/t16-,17-/m1/s1. The Balaban J connectivity index is 1.54. The highest BCUT2D eigenvalue weighted by Gasteiger charge is 2.28. The first-order valence-corrected chi connectivity index (χ1v) is 13.1. The number of rotatable bonds is 7. The molecule has 1 aliphatic heterocycles. The van der Waals surface area contributed by atoms with Gasteiger partial charge in [0.2, 0.25) is 17.7 Å². The summed E-state index contributed by atoms with van der Waals surface area (Å²) in [6.45, 7) is 4.71. The molecule has 3 N–H and O–H groups in total. The van der Waals surface area contributed by atoms with Crippen molar-refractivity contribution < 1.29 is 27.5 Å². The first kappa shape index (κ1) is 25.4. The van der Waals surface area contributed by atoms with Gasteiger partial charge < -0.3 is 25.3 Å². The maximum atomic E-state index is 13.2. The van der Waals surface area contributed by atoms with E-state index in [2.05, 4.69) is 5.32 Å². The van der Waals surface area contributed by atoms with Gasteiger partial charge in [-0.1, -0.05) is 18.2 Å². The average molecular weight is 513 g/mol. The third-order valence-electron chi connectivity index (χ3n) is 5.94. The monoisotopic (exact) mass is 512 g/mol. The molecule has 0 spiro atoms. The van der Waals surface area contributed by atoms with Gasteiger partial charge in [0.05, 0.1) is 17.1 Å². The zero-order valence-corrected chi connectivity index (χ0v) is 20.8. The molecule has 36 heavy (non-hydrogen) atoms. The molecule has 0 saturated carbocycles. The predicted octanol–water partition coefficient (Wildman–Crippen LogP) is 1.79. The fraction of sp³-hybridized carbons (Fsp3) is 0.320. The number of hydrogen-bond acceptors (Lipinski definition) is 6. The van der Waals surface area contributed by atoms with E-state index in [-0.39, 0.29) is 35.1 Å². The number of nitrogens with zero attached hydrogens (tertiary/aromatic N) is 2. The van der Waals surface area contributed by atoms with Crippen LogP contribution in [0.2, 0.25) is 0 Å². The number of benzene rings is 2. The van der Waals surface area contributed by atoms with E-state index in [0.717, 1.165) is 0 Å². The van der Waals surface area contributed by atoms with Crippen molar-refractivity contribution in [2.24, 2.45) is 5.73 Å². The zero-order valence-electron chi connectivity index (χ0n) is 20.0. The van der Waals surface area contributed by atoms with Crippen LogP contribution in [0.1, 0.15) is 24.2 Å². The van der Waals surface area contributed by atoms with Gasteiger partial charge in [-0.25, -0.2) is 8.42 Å². The van der Waals surface area contributed by atoms with E-state index in [1.807, 2.05) is 13.8 Å². The van der Waals surface area contributed by atoms with E-state index < -0.39 is 27.4 Å². The molecule has 4 rings (SSSR count). The second-order valence-electron chi connectivity index (χ2n) is 8.94. The van der Waals surface area contributed by atoms with E-state index in [9.17, 15) is 22.8 Å². The first-order chi connectivity index (χ1) is 17.0. The van der Waals surface area contributed by atoms with Crippen molar-refractivity contribution in [2.75, 3.05) is 24.2 Å². The molecular formula is C25H28N4O6S. The molecule has 1 fully saturated rings. The minimum atomic E-state index is -4.04. The normalized spacial score (nSPS) is 18.2. The number of aromatic nitrogens is 1. The number of morpholine rings is 1. The summed E-state index contributed by atoms with van der Waals surface area (Å²) in [6.07, 6.45) is 1.25. The number of sulfone groups is 1. The molecule has 10 nitrogen and oxygen atoms in total. The molecule has 1 saturated heterocycles. The van der Waals surface area contributed by atoms with Crippen molar-refractivity contribution in [3.63, 3.8) is 0 Å². The van der Waals surface area contributed by atoms with Crippen molar-refractivity contribution in [1.29, 1.82) is 0 Å². The van der Waals surface area contributed by atoms with Crippen LogP contribution in [0.4, 0.5) is 5.69 Å². The molecule has 2 atom stereocenters. The Morgan fingerprint density at radius 3 is 2.31 bits per heavy atom. The molecule has 3 aromatic rings. The highest BCUT2D eigenvalue weighted by atomic mass is 32.2. The molecule has 1 aromatic heterocycles. The van der Waals surface area contributed by atoms with E-state index in [1.54, 1.807) is 33.7 Å². The van der Waals surface area contributed by atoms with Crippen LogP contribution in [0.15, 0.2) is 59.6 Å². The summed E-state index contributed by atoms with van der Waals surface area (Å²) in [5, 5.41) is 2.96. The number of hydrogen-bond donors (Lipinski definition) is 2. The molecule has 3 amide bonds. The van der Waals surface area contributed by atoms with Crippen molar-refractivity contribution in [1.82, 2.24) is 9.47 Å². The first-order valence-electron chi connectivity index (χ1n) is 11.5. The van der Waals surface area contributed by atoms with Crippen LogP contribution >= 0.6 is 0 Å². The summed E-state index contributed by atoms with van der Waals surface area (Å²) >= 11 is 0. The van der Waals surface area contributed by atoms with Crippen LogP contribution in [0, 0.1) is 0 Å². The minimum Gasteiger partial charge on any atom is -0.372 e. The van der Waals surface area contributed by atoms with Crippen LogP contribution in [0.5, 0.6) is 0 Å². The molecule has 0 unspecified atom stereocenters. The lowest BCUT2D eigenvalue weighted by atomic mass is 10.2. The third-order valence-corrected chi connectivity index (χ3v) is 7.58. The van der Waals surface area contributed by atoms with Gasteiger partial charge in [0, 0.05) is 41.4 Å². The van der Waals surface area contributed by atoms with Crippen LogP contribution in [0.3, 0.4) is 0 Å². The molecule has 2 heterocycles.